The van der Waals surface area contributed by atoms with Crippen LogP contribution in [0.3, 0.4) is 0 Å². The fourth-order valence-corrected chi connectivity index (χ4v) is 3.37. The molecule has 0 amide bonds. The maximum absolute atomic E-state index is 14.6. The molecule has 0 saturated carbocycles. The summed E-state index contributed by atoms with van der Waals surface area (Å²) in [5, 5.41) is 8.88. The summed E-state index contributed by atoms with van der Waals surface area (Å²) in [5.74, 6) is 0.644. The summed E-state index contributed by atoms with van der Waals surface area (Å²) in [6, 6.07) is 17.6. The third-order valence-electron chi connectivity index (χ3n) is 5.20. The minimum atomic E-state index is -0.829. The molecule has 188 valence electrons. The first-order chi connectivity index (χ1) is 17.0. The lowest BCUT2D eigenvalue weighted by molar-refractivity contribution is -0.136. The highest BCUT2D eigenvalue weighted by atomic mass is 19.1. The number of methoxy groups -OCH3 is 1. The van der Waals surface area contributed by atoms with Gasteiger partial charge in [-0.3, -0.25) is 4.79 Å². The summed E-state index contributed by atoms with van der Waals surface area (Å²) in [6.07, 6.45) is 2.40. The highest BCUT2D eigenvalue weighted by Gasteiger charge is 2.14. The molecule has 0 aromatic heterocycles. The van der Waals surface area contributed by atoms with E-state index in [1.54, 1.807) is 19.2 Å². The lowest BCUT2D eigenvalue weighted by Crippen LogP contribution is -2.02. The van der Waals surface area contributed by atoms with E-state index < -0.39 is 5.97 Å². The van der Waals surface area contributed by atoms with E-state index in [0.717, 1.165) is 24.0 Å². The Kier molecular flexibility index (Phi) is 11.6. The van der Waals surface area contributed by atoms with Crippen molar-refractivity contribution in [3.63, 3.8) is 0 Å². The zero-order valence-corrected chi connectivity index (χ0v) is 21.0. The predicted molar refractivity (Wildman–Crippen MR) is 137 cm³/mol. The summed E-state index contributed by atoms with van der Waals surface area (Å²) < 4.78 is 31.8. The minimum absolute atomic E-state index is 0.0736. The maximum atomic E-state index is 14.6. The first-order valence-electron chi connectivity index (χ1n) is 12.0. The van der Waals surface area contributed by atoms with Crippen LogP contribution in [0.4, 0.5) is 4.39 Å². The van der Waals surface area contributed by atoms with Crippen molar-refractivity contribution >= 4 is 5.97 Å². The fraction of sp³-hybridized carbons (Fsp3) is 0.345. The number of carbonyl (C=O) groups is 1. The Labute approximate surface area is 207 Å². The van der Waals surface area contributed by atoms with Gasteiger partial charge in [0.05, 0.1) is 13.7 Å². The van der Waals surface area contributed by atoms with Crippen molar-refractivity contribution in [2.45, 2.75) is 53.1 Å². The zero-order valence-electron chi connectivity index (χ0n) is 21.0. The molecular formula is C29H35FO5. The van der Waals surface area contributed by atoms with Crippen LogP contribution in [0.5, 0.6) is 17.2 Å². The van der Waals surface area contributed by atoms with Crippen LogP contribution in [0, 0.1) is 5.82 Å². The van der Waals surface area contributed by atoms with Crippen LogP contribution >= 0.6 is 0 Å². The largest absolute Gasteiger partial charge is 0.497 e. The number of benzene rings is 3. The monoisotopic (exact) mass is 482 g/mol. The van der Waals surface area contributed by atoms with E-state index in [1.807, 2.05) is 56.3 Å². The quantitative estimate of drug-likeness (QED) is 0.274. The third kappa shape index (κ3) is 8.63. The Balaban J connectivity index is 0.00000210. The highest BCUT2D eigenvalue weighted by molar-refractivity contribution is 5.72. The molecule has 5 nitrogen and oxygen atoms in total. The lowest BCUT2D eigenvalue weighted by atomic mass is 10.0. The Morgan fingerprint density at radius 1 is 0.914 bits per heavy atom. The van der Waals surface area contributed by atoms with Crippen molar-refractivity contribution in [1.82, 2.24) is 0 Å². The van der Waals surface area contributed by atoms with Gasteiger partial charge in [-0.2, -0.15) is 0 Å². The second-order valence-corrected chi connectivity index (χ2v) is 7.71. The van der Waals surface area contributed by atoms with Gasteiger partial charge in [0.25, 0.3) is 0 Å². The fourth-order valence-electron chi connectivity index (χ4n) is 3.37. The number of halogens is 1. The van der Waals surface area contributed by atoms with Crippen molar-refractivity contribution in [3.05, 3.63) is 77.6 Å². The molecule has 0 bridgehead atoms. The molecular weight excluding hydrogens is 447 g/mol. The van der Waals surface area contributed by atoms with Gasteiger partial charge in [0.1, 0.15) is 29.7 Å². The van der Waals surface area contributed by atoms with Crippen molar-refractivity contribution in [1.29, 1.82) is 0 Å². The minimum Gasteiger partial charge on any atom is -0.497 e. The van der Waals surface area contributed by atoms with E-state index >= 15 is 0 Å². The van der Waals surface area contributed by atoms with Gasteiger partial charge in [-0.1, -0.05) is 51.5 Å². The van der Waals surface area contributed by atoms with E-state index in [2.05, 4.69) is 6.92 Å². The van der Waals surface area contributed by atoms with Crippen LogP contribution in [0.2, 0.25) is 0 Å². The van der Waals surface area contributed by atoms with E-state index in [9.17, 15) is 9.18 Å². The second kappa shape index (κ2) is 14.7. The molecule has 3 aromatic rings. The molecule has 0 fully saturated rings. The van der Waals surface area contributed by atoms with E-state index in [-0.39, 0.29) is 12.2 Å². The van der Waals surface area contributed by atoms with Crippen molar-refractivity contribution in [3.8, 4) is 28.4 Å². The first kappa shape index (κ1) is 27.7. The van der Waals surface area contributed by atoms with Gasteiger partial charge >= 0.3 is 5.97 Å². The Hall–Kier alpha value is -3.54. The van der Waals surface area contributed by atoms with E-state index in [4.69, 9.17) is 19.3 Å². The van der Waals surface area contributed by atoms with E-state index in [0.29, 0.717) is 48.0 Å². The summed E-state index contributed by atoms with van der Waals surface area (Å²) >= 11 is 0. The van der Waals surface area contributed by atoms with E-state index in [1.165, 1.54) is 6.07 Å². The van der Waals surface area contributed by atoms with Gasteiger partial charge in [0.15, 0.2) is 0 Å². The molecule has 0 atom stereocenters. The average molecular weight is 483 g/mol. The highest BCUT2D eigenvalue weighted by Crippen LogP contribution is 2.35. The molecule has 0 aliphatic heterocycles. The SMILES string of the molecule is CC.CCCCOc1cc(COc2cccc(CCC(=O)O)c2)ccc1-c1cc(OC)ccc1F. The summed E-state index contributed by atoms with van der Waals surface area (Å²) in [7, 11) is 1.55. The molecule has 0 saturated heterocycles. The molecule has 0 aliphatic carbocycles. The van der Waals surface area contributed by atoms with Gasteiger partial charge in [-0.25, -0.2) is 4.39 Å². The van der Waals surface area contributed by atoms with Gasteiger partial charge in [0.2, 0.25) is 0 Å². The van der Waals surface area contributed by atoms with Gasteiger partial charge < -0.3 is 19.3 Å². The molecule has 0 spiro atoms. The smallest absolute Gasteiger partial charge is 0.303 e. The van der Waals surface area contributed by atoms with Crippen LogP contribution < -0.4 is 14.2 Å². The summed E-state index contributed by atoms with van der Waals surface area (Å²) in [4.78, 5) is 10.8. The van der Waals surface area contributed by atoms with Crippen molar-refractivity contribution in [2.75, 3.05) is 13.7 Å². The number of aliphatic carboxylic acids is 1. The van der Waals surface area contributed by atoms with Crippen LogP contribution in [0.25, 0.3) is 11.1 Å². The number of carboxylic acids is 1. The Morgan fingerprint density at radius 2 is 1.71 bits per heavy atom. The van der Waals surface area contributed by atoms with Crippen LogP contribution in [-0.2, 0) is 17.8 Å². The molecule has 3 rings (SSSR count). The number of hydrogen-bond donors (Lipinski definition) is 1. The van der Waals surface area contributed by atoms with Crippen LogP contribution in [-0.4, -0.2) is 24.8 Å². The third-order valence-corrected chi connectivity index (χ3v) is 5.20. The lowest BCUT2D eigenvalue weighted by Gasteiger charge is -2.15. The van der Waals surface area contributed by atoms with Gasteiger partial charge in [-0.15, -0.1) is 0 Å². The zero-order chi connectivity index (χ0) is 25.6. The molecule has 0 unspecified atom stereocenters. The van der Waals surface area contributed by atoms with Crippen molar-refractivity contribution in [2.24, 2.45) is 0 Å². The van der Waals surface area contributed by atoms with Gasteiger partial charge in [0, 0.05) is 17.5 Å². The maximum Gasteiger partial charge on any atom is 0.303 e. The van der Waals surface area contributed by atoms with Crippen LogP contribution in [0.15, 0.2) is 60.7 Å². The van der Waals surface area contributed by atoms with Crippen LogP contribution in [0.1, 0.15) is 51.2 Å². The molecule has 35 heavy (non-hydrogen) atoms. The average Bonchev–Trinajstić information content (AvgIpc) is 2.88. The standard InChI is InChI=1S/C27H29FO5.C2H6/c1-3-4-14-32-26-16-20(8-11-23(26)24-17-21(31-2)10-12-25(24)28)18-33-22-7-5-6-19(15-22)9-13-27(29)30;1-2/h5-8,10-12,15-17H,3-4,9,13-14,18H2,1-2H3,(H,29,30);1-2H3. The van der Waals surface area contributed by atoms with Gasteiger partial charge in [-0.05, 0) is 60.4 Å². The number of rotatable bonds is 12. The first-order valence-corrected chi connectivity index (χ1v) is 12.0. The molecule has 6 heteroatoms. The number of unbranched alkanes of at least 4 members (excludes halogenated alkanes) is 1. The Morgan fingerprint density at radius 3 is 2.43 bits per heavy atom. The Bertz CT molecular complexity index is 1080. The van der Waals surface area contributed by atoms with Crippen molar-refractivity contribution < 1.29 is 28.5 Å². The topological polar surface area (TPSA) is 65.0 Å². The molecule has 1 N–H and O–H groups in total. The number of ether oxygens (including phenoxy) is 3. The molecule has 0 heterocycles. The normalized spacial score (nSPS) is 10.2. The number of aryl methyl sites for hydroxylation is 1. The predicted octanol–water partition coefficient (Wildman–Crippen LogP) is 7.30. The second-order valence-electron chi connectivity index (χ2n) is 7.71. The summed E-state index contributed by atoms with van der Waals surface area (Å²) in [6.45, 7) is 6.92. The molecule has 0 aliphatic rings. The summed E-state index contributed by atoms with van der Waals surface area (Å²) in [5.41, 5.74) is 2.85. The number of hydrogen-bond acceptors (Lipinski definition) is 4. The molecule has 3 aromatic carbocycles. The molecule has 0 radical (unpaired) electrons. The number of carboxylic acid groups (broad SMARTS) is 1.